The monoisotopic (exact) mass is 244 g/mol. The van der Waals surface area contributed by atoms with Crippen molar-refractivity contribution in [2.75, 3.05) is 13.1 Å². The molecule has 2 atom stereocenters. The first-order valence-electron chi connectivity index (χ1n) is 6.26. The zero-order valence-corrected chi connectivity index (χ0v) is 11.0. The number of carboxylic acid groups (broad SMARTS) is 1. The van der Waals surface area contributed by atoms with Crippen LogP contribution in [0.2, 0.25) is 0 Å². The van der Waals surface area contributed by atoms with Crippen molar-refractivity contribution >= 4 is 11.9 Å². The highest BCUT2D eigenvalue weighted by molar-refractivity contribution is 5.84. The number of hydrogen-bond acceptors (Lipinski definition) is 3. The summed E-state index contributed by atoms with van der Waals surface area (Å²) >= 11 is 0. The van der Waals surface area contributed by atoms with Crippen LogP contribution in [0.3, 0.4) is 0 Å². The summed E-state index contributed by atoms with van der Waals surface area (Å²) in [6, 6.07) is -0.758. The minimum Gasteiger partial charge on any atom is -0.480 e. The fourth-order valence-corrected chi connectivity index (χ4v) is 1.43. The van der Waals surface area contributed by atoms with Crippen molar-refractivity contribution in [3.63, 3.8) is 0 Å². The molecule has 0 aromatic carbocycles. The van der Waals surface area contributed by atoms with Crippen molar-refractivity contribution in [1.29, 1.82) is 0 Å². The summed E-state index contributed by atoms with van der Waals surface area (Å²) in [5.74, 6) is -1.37. The fraction of sp³-hybridized carbons (Fsp3) is 0.833. The Kier molecular flexibility index (Phi) is 8.40. The molecule has 0 aromatic rings. The van der Waals surface area contributed by atoms with Crippen LogP contribution in [0.1, 0.15) is 40.0 Å². The number of unbranched alkanes of at least 4 members (excludes halogenated alkanes) is 1. The predicted molar refractivity (Wildman–Crippen MR) is 66.8 cm³/mol. The Morgan fingerprint density at radius 2 is 1.94 bits per heavy atom. The minimum atomic E-state index is -0.956. The third kappa shape index (κ3) is 6.94. The third-order valence-corrected chi connectivity index (χ3v) is 2.61. The first-order valence-corrected chi connectivity index (χ1v) is 6.26. The van der Waals surface area contributed by atoms with Crippen LogP contribution in [0.25, 0.3) is 0 Å². The number of nitrogens with one attached hydrogen (secondary N) is 2. The quantitative estimate of drug-likeness (QED) is 0.565. The van der Waals surface area contributed by atoms with Crippen LogP contribution in [-0.2, 0) is 9.59 Å². The van der Waals surface area contributed by atoms with Crippen molar-refractivity contribution in [3.05, 3.63) is 0 Å². The van der Waals surface area contributed by atoms with Gasteiger partial charge in [0.1, 0.15) is 6.04 Å². The second-order valence-electron chi connectivity index (χ2n) is 4.25. The predicted octanol–water partition coefficient (Wildman–Crippen LogP) is 0.992. The van der Waals surface area contributed by atoms with Crippen LogP contribution in [0.15, 0.2) is 0 Å². The number of carbonyl (C=O) groups is 2. The first-order chi connectivity index (χ1) is 8.02. The van der Waals surface area contributed by atoms with Crippen molar-refractivity contribution in [2.45, 2.75) is 46.1 Å². The van der Waals surface area contributed by atoms with E-state index in [2.05, 4.69) is 10.6 Å². The molecule has 0 spiro atoms. The summed E-state index contributed by atoms with van der Waals surface area (Å²) in [6.45, 7) is 7.12. The molecule has 1 unspecified atom stereocenters. The molecular formula is C12H24N2O3. The first kappa shape index (κ1) is 15.9. The average molecular weight is 244 g/mol. The Bertz CT molecular complexity index is 244. The van der Waals surface area contributed by atoms with E-state index in [1.54, 1.807) is 6.92 Å². The Hall–Kier alpha value is -1.10. The lowest BCUT2D eigenvalue weighted by molar-refractivity contribution is -0.142. The van der Waals surface area contributed by atoms with Gasteiger partial charge in [0, 0.05) is 12.5 Å². The number of carboxylic acids is 1. The van der Waals surface area contributed by atoms with Gasteiger partial charge in [0.05, 0.1) is 0 Å². The van der Waals surface area contributed by atoms with Crippen molar-refractivity contribution < 1.29 is 14.7 Å². The lowest BCUT2D eigenvalue weighted by Gasteiger charge is -2.17. The molecule has 0 aliphatic rings. The molecule has 0 aromatic heterocycles. The molecule has 0 rings (SSSR count). The molecule has 5 heteroatoms. The minimum absolute atomic E-state index is 0.200. The molecule has 100 valence electrons. The number of amides is 1. The summed E-state index contributed by atoms with van der Waals surface area (Å²) in [4.78, 5) is 22.7. The maximum atomic E-state index is 11.7. The van der Waals surface area contributed by atoms with Crippen LogP contribution >= 0.6 is 0 Å². The van der Waals surface area contributed by atoms with Gasteiger partial charge in [-0.05, 0) is 13.0 Å². The zero-order chi connectivity index (χ0) is 13.3. The highest BCUT2D eigenvalue weighted by Gasteiger charge is 2.21. The Balaban J connectivity index is 4.15. The smallest absolute Gasteiger partial charge is 0.326 e. The Morgan fingerprint density at radius 3 is 2.41 bits per heavy atom. The van der Waals surface area contributed by atoms with Gasteiger partial charge in [-0.3, -0.25) is 4.79 Å². The summed E-state index contributed by atoms with van der Waals surface area (Å²) in [5.41, 5.74) is 0. The van der Waals surface area contributed by atoms with E-state index in [4.69, 9.17) is 5.11 Å². The molecule has 0 aliphatic carbocycles. The molecule has 0 heterocycles. The number of aliphatic carboxylic acids is 1. The lowest BCUT2D eigenvalue weighted by Crippen LogP contribution is -2.45. The second kappa shape index (κ2) is 8.98. The summed E-state index contributed by atoms with van der Waals surface area (Å²) < 4.78 is 0. The normalized spacial score (nSPS) is 14.1. The van der Waals surface area contributed by atoms with Crippen LogP contribution in [0, 0.1) is 5.92 Å². The van der Waals surface area contributed by atoms with Crippen LogP contribution < -0.4 is 10.6 Å². The van der Waals surface area contributed by atoms with E-state index in [-0.39, 0.29) is 11.8 Å². The maximum Gasteiger partial charge on any atom is 0.326 e. The molecule has 0 aliphatic heterocycles. The molecule has 5 nitrogen and oxygen atoms in total. The van der Waals surface area contributed by atoms with Crippen LogP contribution in [0.5, 0.6) is 0 Å². The molecule has 3 N–H and O–H groups in total. The maximum absolute atomic E-state index is 11.7. The van der Waals surface area contributed by atoms with Crippen molar-refractivity contribution in [3.8, 4) is 0 Å². The van der Waals surface area contributed by atoms with Crippen LogP contribution in [0.4, 0.5) is 0 Å². The van der Waals surface area contributed by atoms with Gasteiger partial charge in [-0.1, -0.05) is 33.6 Å². The van der Waals surface area contributed by atoms with Gasteiger partial charge < -0.3 is 15.7 Å². The van der Waals surface area contributed by atoms with E-state index < -0.39 is 12.0 Å². The van der Waals surface area contributed by atoms with E-state index >= 15 is 0 Å². The molecule has 17 heavy (non-hydrogen) atoms. The Labute approximate surface area is 103 Å². The number of carbonyl (C=O) groups excluding carboxylic acids is 1. The summed E-state index contributed by atoms with van der Waals surface area (Å²) in [5, 5.41) is 14.6. The van der Waals surface area contributed by atoms with E-state index in [0.717, 1.165) is 19.4 Å². The van der Waals surface area contributed by atoms with Gasteiger partial charge in [-0.15, -0.1) is 0 Å². The van der Waals surface area contributed by atoms with E-state index in [0.29, 0.717) is 13.0 Å². The second-order valence-corrected chi connectivity index (χ2v) is 4.25. The molecule has 1 amide bonds. The van der Waals surface area contributed by atoms with Crippen molar-refractivity contribution in [2.24, 2.45) is 5.92 Å². The molecule has 0 saturated carbocycles. The van der Waals surface area contributed by atoms with Crippen molar-refractivity contribution in [1.82, 2.24) is 10.6 Å². The average Bonchev–Trinajstić information content (AvgIpc) is 2.30. The molecule has 0 radical (unpaired) electrons. The topological polar surface area (TPSA) is 78.4 Å². The van der Waals surface area contributed by atoms with Crippen LogP contribution in [-0.4, -0.2) is 36.1 Å². The van der Waals surface area contributed by atoms with E-state index in [1.165, 1.54) is 0 Å². The largest absolute Gasteiger partial charge is 0.480 e. The summed E-state index contributed by atoms with van der Waals surface area (Å²) in [6.07, 6.45) is 2.22. The molecule has 0 saturated heterocycles. The fourth-order valence-electron chi connectivity index (χ4n) is 1.43. The highest BCUT2D eigenvalue weighted by Crippen LogP contribution is 2.03. The Morgan fingerprint density at radius 1 is 1.29 bits per heavy atom. The highest BCUT2D eigenvalue weighted by atomic mass is 16.4. The van der Waals surface area contributed by atoms with E-state index in [9.17, 15) is 9.59 Å². The SMILES string of the molecule is CCCC[C@H](NC(=O)C(C)CNCC)C(=O)O. The van der Waals surface area contributed by atoms with E-state index in [1.807, 2.05) is 13.8 Å². The standard InChI is InChI=1S/C12H24N2O3/c1-4-6-7-10(12(16)17)14-11(15)9(3)8-13-5-2/h9-10,13H,4-8H2,1-3H3,(H,14,15)(H,16,17)/t9?,10-/m0/s1. The molecule has 0 bridgehead atoms. The van der Waals surface area contributed by atoms with Gasteiger partial charge in [0.15, 0.2) is 0 Å². The van der Waals surface area contributed by atoms with Gasteiger partial charge >= 0.3 is 5.97 Å². The number of rotatable bonds is 9. The van der Waals surface area contributed by atoms with Gasteiger partial charge in [0.2, 0.25) is 5.91 Å². The summed E-state index contributed by atoms with van der Waals surface area (Å²) in [7, 11) is 0. The van der Waals surface area contributed by atoms with Gasteiger partial charge in [-0.25, -0.2) is 4.79 Å². The van der Waals surface area contributed by atoms with Gasteiger partial charge in [0.25, 0.3) is 0 Å². The number of hydrogen-bond donors (Lipinski definition) is 3. The zero-order valence-electron chi connectivity index (χ0n) is 11.0. The lowest BCUT2D eigenvalue weighted by atomic mass is 10.1. The third-order valence-electron chi connectivity index (χ3n) is 2.61. The molecule has 0 fully saturated rings. The van der Waals surface area contributed by atoms with Gasteiger partial charge in [-0.2, -0.15) is 0 Å². The molecular weight excluding hydrogens is 220 g/mol.